The van der Waals surface area contributed by atoms with Gasteiger partial charge in [-0.2, -0.15) is 0 Å². The standard InChI is InChI=1S/C23H32O4/c1-4-7-9-18(8-5-2)23(27-22(25)15-26-21(24)6-3)19-11-16-10-17(13-19)14-20(23)12-16/h6,8,16-20H,2-4,7,9-15H2,1H3. The van der Waals surface area contributed by atoms with Crippen LogP contribution in [0.2, 0.25) is 0 Å². The van der Waals surface area contributed by atoms with E-state index < -0.39 is 17.5 Å². The van der Waals surface area contributed by atoms with Crippen molar-refractivity contribution in [2.45, 2.75) is 63.9 Å². The number of carbonyl (C=O) groups excluding carboxylic acids is 2. The molecule has 0 aromatic rings. The second kappa shape index (κ2) is 8.48. The molecule has 27 heavy (non-hydrogen) atoms. The molecule has 1 atom stereocenters. The number of hydrogen-bond acceptors (Lipinski definition) is 4. The number of carbonyl (C=O) groups is 2. The Labute approximate surface area is 162 Å². The Morgan fingerprint density at radius 3 is 2.33 bits per heavy atom. The molecule has 4 aliphatic carbocycles. The van der Waals surface area contributed by atoms with Crippen LogP contribution in [0.25, 0.3) is 0 Å². The van der Waals surface area contributed by atoms with E-state index in [4.69, 9.17) is 9.47 Å². The van der Waals surface area contributed by atoms with E-state index in [1.54, 1.807) is 0 Å². The van der Waals surface area contributed by atoms with Gasteiger partial charge in [-0.25, -0.2) is 9.59 Å². The lowest BCUT2D eigenvalue weighted by Crippen LogP contribution is -2.63. The van der Waals surface area contributed by atoms with E-state index in [1.807, 2.05) is 6.08 Å². The Bertz CT molecular complexity index is 600. The Morgan fingerprint density at radius 1 is 1.19 bits per heavy atom. The summed E-state index contributed by atoms with van der Waals surface area (Å²) in [6.45, 7) is 9.00. The highest BCUT2D eigenvalue weighted by atomic mass is 16.6. The van der Waals surface area contributed by atoms with E-state index in [0.29, 0.717) is 11.8 Å². The van der Waals surface area contributed by atoms with Gasteiger partial charge in [0.1, 0.15) is 5.60 Å². The zero-order chi connectivity index (χ0) is 19.4. The SMILES string of the molecule is C=C=CC(CCCC)C1(OC(=O)COC(=O)C=C)C2CC3CC(C2)CC1C3. The van der Waals surface area contributed by atoms with Crippen LogP contribution >= 0.6 is 0 Å². The summed E-state index contributed by atoms with van der Waals surface area (Å²) in [5.41, 5.74) is 2.48. The van der Waals surface area contributed by atoms with Gasteiger partial charge in [0.15, 0.2) is 6.61 Å². The van der Waals surface area contributed by atoms with Gasteiger partial charge in [0, 0.05) is 23.8 Å². The molecule has 0 radical (unpaired) electrons. The van der Waals surface area contributed by atoms with Crippen molar-refractivity contribution in [3.05, 3.63) is 31.0 Å². The third-order valence-electron chi connectivity index (χ3n) is 6.97. The summed E-state index contributed by atoms with van der Waals surface area (Å²) >= 11 is 0. The molecule has 0 heterocycles. The van der Waals surface area contributed by atoms with E-state index in [2.05, 4.69) is 25.8 Å². The van der Waals surface area contributed by atoms with Crippen LogP contribution in [0.15, 0.2) is 31.0 Å². The van der Waals surface area contributed by atoms with Gasteiger partial charge in [0.25, 0.3) is 0 Å². The second-order valence-corrected chi connectivity index (χ2v) is 8.56. The largest absolute Gasteiger partial charge is 0.455 e. The molecular formula is C23H32O4. The molecule has 0 amide bonds. The normalized spacial score (nSPS) is 34.4. The van der Waals surface area contributed by atoms with Crippen LogP contribution in [-0.4, -0.2) is 24.1 Å². The van der Waals surface area contributed by atoms with Gasteiger partial charge in [-0.15, -0.1) is 5.73 Å². The highest BCUT2D eigenvalue weighted by molar-refractivity contribution is 5.83. The minimum absolute atomic E-state index is 0.129. The van der Waals surface area contributed by atoms with E-state index in [9.17, 15) is 9.59 Å². The summed E-state index contributed by atoms with van der Waals surface area (Å²) in [5.74, 6) is 1.41. The minimum Gasteiger partial charge on any atom is -0.455 e. The molecule has 4 saturated carbocycles. The average Bonchev–Trinajstić information content (AvgIpc) is 2.65. The lowest BCUT2D eigenvalue weighted by Gasteiger charge is -2.62. The molecule has 4 nitrogen and oxygen atoms in total. The number of unbranched alkanes of at least 4 members (excludes halogenated alkanes) is 1. The van der Waals surface area contributed by atoms with Crippen LogP contribution in [0.4, 0.5) is 0 Å². The Kier molecular flexibility index (Phi) is 6.26. The number of rotatable bonds is 9. The van der Waals surface area contributed by atoms with Gasteiger partial charge in [0.05, 0.1) is 0 Å². The van der Waals surface area contributed by atoms with Gasteiger partial charge < -0.3 is 9.47 Å². The topological polar surface area (TPSA) is 52.6 Å². The van der Waals surface area contributed by atoms with Crippen LogP contribution in [0.3, 0.4) is 0 Å². The highest BCUT2D eigenvalue weighted by Gasteiger charge is 2.62. The Hall–Kier alpha value is -1.80. The van der Waals surface area contributed by atoms with E-state index in [-0.39, 0.29) is 12.5 Å². The lowest BCUT2D eigenvalue weighted by molar-refractivity contribution is -0.226. The number of ether oxygens (including phenoxy) is 2. The molecule has 4 rings (SSSR count). The number of hydrogen-bond donors (Lipinski definition) is 0. The van der Waals surface area contributed by atoms with E-state index in [1.165, 1.54) is 6.42 Å². The van der Waals surface area contributed by atoms with Crippen molar-refractivity contribution in [3.8, 4) is 0 Å². The maximum absolute atomic E-state index is 12.7. The third kappa shape index (κ3) is 3.91. The summed E-state index contributed by atoms with van der Waals surface area (Å²) in [5, 5.41) is 0. The van der Waals surface area contributed by atoms with E-state index >= 15 is 0 Å². The molecule has 4 aliphatic rings. The fourth-order valence-electron chi connectivity index (χ4n) is 6.19. The minimum atomic E-state index is -0.598. The zero-order valence-electron chi connectivity index (χ0n) is 16.5. The van der Waals surface area contributed by atoms with Crippen molar-refractivity contribution in [2.24, 2.45) is 29.6 Å². The van der Waals surface area contributed by atoms with Gasteiger partial charge in [0.2, 0.25) is 0 Å². The molecule has 4 fully saturated rings. The first-order valence-corrected chi connectivity index (χ1v) is 10.4. The molecule has 148 valence electrons. The van der Waals surface area contributed by atoms with Crippen molar-refractivity contribution in [2.75, 3.05) is 6.61 Å². The fourth-order valence-corrected chi connectivity index (χ4v) is 6.19. The highest BCUT2D eigenvalue weighted by Crippen LogP contribution is 2.62. The van der Waals surface area contributed by atoms with Crippen molar-refractivity contribution < 1.29 is 19.1 Å². The van der Waals surface area contributed by atoms with Gasteiger partial charge >= 0.3 is 11.9 Å². The van der Waals surface area contributed by atoms with Gasteiger partial charge in [-0.1, -0.05) is 32.9 Å². The zero-order valence-corrected chi connectivity index (χ0v) is 16.5. The second-order valence-electron chi connectivity index (χ2n) is 8.56. The predicted molar refractivity (Wildman–Crippen MR) is 104 cm³/mol. The van der Waals surface area contributed by atoms with Crippen LogP contribution in [-0.2, 0) is 19.1 Å². The number of esters is 2. The van der Waals surface area contributed by atoms with Crippen LogP contribution in [0.5, 0.6) is 0 Å². The summed E-state index contributed by atoms with van der Waals surface area (Å²) < 4.78 is 11.2. The van der Waals surface area contributed by atoms with Crippen molar-refractivity contribution in [3.63, 3.8) is 0 Å². The first-order chi connectivity index (χ1) is 13.0. The first-order valence-electron chi connectivity index (χ1n) is 10.4. The van der Waals surface area contributed by atoms with Gasteiger partial charge in [-0.3, -0.25) is 0 Å². The lowest BCUT2D eigenvalue weighted by atomic mass is 9.47. The quantitative estimate of drug-likeness (QED) is 0.337. The van der Waals surface area contributed by atoms with Crippen molar-refractivity contribution >= 4 is 11.9 Å². The third-order valence-corrected chi connectivity index (χ3v) is 6.97. The molecule has 4 bridgehead atoms. The average molecular weight is 373 g/mol. The molecular weight excluding hydrogens is 340 g/mol. The van der Waals surface area contributed by atoms with Gasteiger partial charge in [-0.05, 0) is 56.4 Å². The molecule has 0 saturated heterocycles. The van der Waals surface area contributed by atoms with Crippen molar-refractivity contribution in [1.82, 2.24) is 0 Å². The molecule has 1 unspecified atom stereocenters. The molecule has 0 spiro atoms. The maximum atomic E-state index is 12.7. The molecule has 0 aromatic carbocycles. The molecule has 0 aromatic heterocycles. The monoisotopic (exact) mass is 372 g/mol. The van der Waals surface area contributed by atoms with Crippen LogP contribution < -0.4 is 0 Å². The predicted octanol–water partition coefficient (Wildman–Crippen LogP) is 4.60. The molecule has 0 aliphatic heterocycles. The van der Waals surface area contributed by atoms with E-state index in [0.717, 1.165) is 62.9 Å². The summed E-state index contributed by atoms with van der Waals surface area (Å²) in [4.78, 5) is 24.0. The molecule has 0 N–H and O–H groups in total. The van der Waals surface area contributed by atoms with Crippen molar-refractivity contribution in [1.29, 1.82) is 0 Å². The summed E-state index contributed by atoms with van der Waals surface area (Å²) in [7, 11) is 0. The Morgan fingerprint density at radius 2 is 1.81 bits per heavy atom. The fraction of sp³-hybridized carbons (Fsp3) is 0.696. The van der Waals surface area contributed by atoms with Crippen LogP contribution in [0.1, 0.15) is 58.3 Å². The Balaban J connectivity index is 1.86. The smallest absolute Gasteiger partial charge is 0.344 e. The van der Waals surface area contributed by atoms with Crippen LogP contribution in [0, 0.1) is 29.6 Å². The summed E-state index contributed by atoms with van der Waals surface area (Å²) in [6.07, 6.45) is 12.1. The first kappa shape index (κ1) is 19.9. The summed E-state index contributed by atoms with van der Waals surface area (Å²) in [6, 6.07) is 0. The maximum Gasteiger partial charge on any atom is 0.344 e. The molecule has 4 heteroatoms.